The topological polar surface area (TPSA) is 47.0 Å². The van der Waals surface area contributed by atoms with E-state index >= 15 is 0 Å². The van der Waals surface area contributed by atoms with Gasteiger partial charge < -0.3 is 0 Å². The van der Waals surface area contributed by atoms with Gasteiger partial charge in [-0.3, -0.25) is 0 Å². The van der Waals surface area contributed by atoms with Gasteiger partial charge in [-0.25, -0.2) is 13.4 Å². The van der Waals surface area contributed by atoms with Gasteiger partial charge in [0.2, 0.25) is 0 Å². The van der Waals surface area contributed by atoms with Gasteiger partial charge >= 0.3 is 0 Å². The Balaban J connectivity index is 2.16. The highest BCUT2D eigenvalue weighted by Gasteiger charge is 2.09. The van der Waals surface area contributed by atoms with Crippen molar-refractivity contribution in [3.05, 3.63) is 35.3 Å². The summed E-state index contributed by atoms with van der Waals surface area (Å²) in [7, 11) is -3.14. The maximum Gasteiger partial charge on any atom is 0.175 e. The van der Waals surface area contributed by atoms with E-state index in [1.807, 2.05) is 23.9 Å². The van der Waals surface area contributed by atoms with E-state index < -0.39 is 9.84 Å². The summed E-state index contributed by atoms with van der Waals surface area (Å²) in [4.78, 5) is 4.93. The molecule has 0 atom stereocenters. The molecule has 2 rings (SSSR count). The van der Waals surface area contributed by atoms with Gasteiger partial charge in [0.05, 0.1) is 10.6 Å². The first-order valence-electron chi connectivity index (χ1n) is 6.23. The Bertz CT molecular complexity index is 673. The van der Waals surface area contributed by atoms with Crippen LogP contribution in [0.2, 0.25) is 0 Å². The summed E-state index contributed by atoms with van der Waals surface area (Å²) in [6.45, 7) is 4.34. The highest BCUT2D eigenvalue weighted by molar-refractivity contribution is 7.99. The second-order valence-corrected chi connectivity index (χ2v) is 9.24. The van der Waals surface area contributed by atoms with Crippen molar-refractivity contribution in [2.45, 2.75) is 29.7 Å². The number of hydrogen-bond acceptors (Lipinski definition) is 5. The minimum atomic E-state index is -3.14. The first-order chi connectivity index (χ1) is 9.36. The van der Waals surface area contributed by atoms with Crippen molar-refractivity contribution >= 4 is 32.9 Å². The lowest BCUT2D eigenvalue weighted by Gasteiger charge is -2.01. The molecule has 0 aliphatic rings. The van der Waals surface area contributed by atoms with Gasteiger partial charge in [-0.05, 0) is 17.4 Å². The van der Waals surface area contributed by atoms with Crippen LogP contribution in [0.15, 0.2) is 34.5 Å². The molecule has 2 aromatic rings. The summed E-state index contributed by atoms with van der Waals surface area (Å²) in [6, 6.07) is 6.90. The van der Waals surface area contributed by atoms with Crippen LogP contribution < -0.4 is 0 Å². The van der Waals surface area contributed by atoms with Crippen LogP contribution in [0, 0.1) is 0 Å². The average molecular weight is 327 g/mol. The normalized spacial score (nSPS) is 12.0. The van der Waals surface area contributed by atoms with Crippen LogP contribution in [-0.4, -0.2) is 24.9 Å². The smallest absolute Gasteiger partial charge is 0.175 e. The van der Waals surface area contributed by atoms with Crippen LogP contribution in [0.5, 0.6) is 0 Å². The Morgan fingerprint density at radius 3 is 2.45 bits per heavy atom. The number of benzene rings is 1. The third kappa shape index (κ3) is 4.07. The van der Waals surface area contributed by atoms with Crippen molar-refractivity contribution in [3.63, 3.8) is 0 Å². The number of aromatic nitrogens is 1. The molecule has 1 aromatic carbocycles. The van der Waals surface area contributed by atoms with Crippen LogP contribution in [0.1, 0.15) is 19.5 Å². The molecule has 1 heterocycles. The van der Waals surface area contributed by atoms with Crippen LogP contribution >= 0.6 is 23.1 Å². The SMILES string of the molecule is CC(C)SCc1csc(-c2ccc(S(C)(=O)=O)cc2)n1. The number of hydrogen-bond donors (Lipinski definition) is 0. The standard InChI is InChI=1S/C14H17NO2S3/c1-10(2)18-8-12-9-19-14(15-12)11-4-6-13(7-5-11)20(3,16)17/h4-7,9-10H,8H2,1-3H3. The Morgan fingerprint density at radius 1 is 1.25 bits per heavy atom. The fraction of sp³-hybridized carbons (Fsp3) is 0.357. The third-order valence-corrected chi connectivity index (χ3v) is 5.84. The molecule has 0 aliphatic heterocycles. The van der Waals surface area contributed by atoms with Gasteiger partial charge in [0.1, 0.15) is 5.01 Å². The maximum absolute atomic E-state index is 11.4. The van der Waals surface area contributed by atoms with Gasteiger partial charge in [0, 0.05) is 23.0 Å². The molecular weight excluding hydrogens is 310 g/mol. The van der Waals surface area contributed by atoms with Crippen LogP contribution in [0.4, 0.5) is 0 Å². The number of sulfone groups is 1. The fourth-order valence-electron chi connectivity index (χ4n) is 1.60. The van der Waals surface area contributed by atoms with Crippen LogP contribution in [0.3, 0.4) is 0 Å². The van der Waals surface area contributed by atoms with Gasteiger partial charge in [-0.2, -0.15) is 11.8 Å². The lowest BCUT2D eigenvalue weighted by atomic mass is 10.2. The van der Waals surface area contributed by atoms with Crippen LogP contribution in [-0.2, 0) is 15.6 Å². The fourth-order valence-corrected chi connectivity index (χ4v) is 3.82. The molecule has 0 aliphatic carbocycles. The van der Waals surface area contributed by atoms with Crippen molar-refractivity contribution in [2.75, 3.05) is 6.26 Å². The van der Waals surface area contributed by atoms with Gasteiger partial charge in [0.15, 0.2) is 9.84 Å². The number of thiazole rings is 1. The quantitative estimate of drug-likeness (QED) is 0.837. The first kappa shape index (κ1) is 15.5. The summed E-state index contributed by atoms with van der Waals surface area (Å²) in [5, 5.41) is 3.59. The number of rotatable bonds is 5. The molecule has 6 heteroatoms. The van der Waals surface area contributed by atoms with E-state index in [0.29, 0.717) is 10.1 Å². The molecule has 108 valence electrons. The molecular formula is C14H17NO2S3. The molecule has 3 nitrogen and oxygen atoms in total. The molecule has 0 bridgehead atoms. The second kappa shape index (κ2) is 6.28. The minimum absolute atomic E-state index is 0.341. The zero-order chi connectivity index (χ0) is 14.8. The molecule has 0 fully saturated rings. The molecule has 0 radical (unpaired) electrons. The summed E-state index contributed by atoms with van der Waals surface area (Å²) >= 11 is 3.46. The van der Waals surface area contributed by atoms with E-state index in [1.54, 1.807) is 23.5 Å². The molecule has 20 heavy (non-hydrogen) atoms. The maximum atomic E-state index is 11.4. The average Bonchev–Trinajstić information content (AvgIpc) is 2.84. The van der Waals surface area contributed by atoms with E-state index in [0.717, 1.165) is 22.0 Å². The second-order valence-electron chi connectivity index (χ2n) is 4.80. The summed E-state index contributed by atoms with van der Waals surface area (Å²) < 4.78 is 22.8. The minimum Gasteiger partial charge on any atom is -0.240 e. The van der Waals surface area contributed by atoms with Gasteiger partial charge in [0.25, 0.3) is 0 Å². The zero-order valence-electron chi connectivity index (χ0n) is 11.7. The van der Waals surface area contributed by atoms with Crippen molar-refractivity contribution in [1.29, 1.82) is 0 Å². The van der Waals surface area contributed by atoms with E-state index in [9.17, 15) is 8.42 Å². The van der Waals surface area contributed by atoms with E-state index in [4.69, 9.17) is 0 Å². The molecule has 0 unspecified atom stereocenters. The van der Waals surface area contributed by atoms with Crippen LogP contribution in [0.25, 0.3) is 10.6 Å². The predicted octanol–water partition coefficient (Wildman–Crippen LogP) is 3.86. The Labute approximate surface area is 128 Å². The van der Waals surface area contributed by atoms with Gasteiger partial charge in [-0.1, -0.05) is 26.0 Å². The van der Waals surface area contributed by atoms with Gasteiger partial charge in [-0.15, -0.1) is 11.3 Å². The molecule has 0 amide bonds. The number of thioether (sulfide) groups is 1. The Morgan fingerprint density at radius 2 is 1.90 bits per heavy atom. The van der Waals surface area contributed by atoms with E-state index in [2.05, 4.69) is 24.2 Å². The van der Waals surface area contributed by atoms with E-state index in [-0.39, 0.29) is 0 Å². The summed E-state index contributed by atoms with van der Waals surface area (Å²) in [5.74, 6) is 0.912. The van der Waals surface area contributed by atoms with E-state index in [1.165, 1.54) is 6.26 Å². The molecule has 0 saturated heterocycles. The Kier molecular flexibility index (Phi) is 4.88. The highest BCUT2D eigenvalue weighted by atomic mass is 32.2. The monoisotopic (exact) mass is 327 g/mol. The lowest BCUT2D eigenvalue weighted by Crippen LogP contribution is -1.96. The largest absolute Gasteiger partial charge is 0.240 e. The highest BCUT2D eigenvalue weighted by Crippen LogP contribution is 2.27. The summed E-state index contributed by atoms with van der Waals surface area (Å²) in [5.41, 5.74) is 2.04. The van der Waals surface area contributed by atoms with Crippen molar-refractivity contribution in [1.82, 2.24) is 4.98 Å². The number of nitrogens with zero attached hydrogens (tertiary/aromatic N) is 1. The first-order valence-corrected chi connectivity index (χ1v) is 10.0. The van der Waals surface area contributed by atoms with Crippen molar-refractivity contribution in [3.8, 4) is 10.6 Å². The summed E-state index contributed by atoms with van der Waals surface area (Å²) in [6.07, 6.45) is 1.21. The molecule has 0 spiro atoms. The van der Waals surface area contributed by atoms with Crippen molar-refractivity contribution < 1.29 is 8.42 Å². The molecule has 1 aromatic heterocycles. The third-order valence-electron chi connectivity index (χ3n) is 2.65. The molecule has 0 saturated carbocycles. The zero-order valence-corrected chi connectivity index (χ0v) is 14.1. The lowest BCUT2D eigenvalue weighted by molar-refractivity contribution is 0.602. The van der Waals surface area contributed by atoms with Crippen molar-refractivity contribution in [2.24, 2.45) is 0 Å². The molecule has 0 N–H and O–H groups in total. The predicted molar refractivity (Wildman–Crippen MR) is 87.1 cm³/mol. The Hall–Kier alpha value is -0.850.